The van der Waals surface area contributed by atoms with Crippen molar-refractivity contribution < 1.29 is 13.2 Å². The molecule has 0 radical (unpaired) electrons. The number of nitrogens with one attached hydrogen (secondary N) is 1. The van der Waals surface area contributed by atoms with E-state index in [1.807, 2.05) is 30.3 Å². The summed E-state index contributed by atoms with van der Waals surface area (Å²) >= 11 is 0. The number of benzene rings is 1. The van der Waals surface area contributed by atoms with Gasteiger partial charge in [-0.3, -0.25) is 0 Å². The third-order valence-corrected chi connectivity index (χ3v) is 3.73. The molecule has 1 N–H and O–H groups in total. The Morgan fingerprint density at radius 1 is 0.963 bits per heavy atom. The number of alkyl halides is 3. The van der Waals surface area contributed by atoms with Crippen molar-refractivity contribution in [2.24, 2.45) is 0 Å². The molecule has 0 aliphatic carbocycles. The average Bonchev–Trinajstić information content (AvgIpc) is 3.11. The van der Waals surface area contributed by atoms with Gasteiger partial charge >= 0.3 is 6.18 Å². The molecule has 0 saturated heterocycles. The molecule has 27 heavy (non-hydrogen) atoms. The van der Waals surface area contributed by atoms with Crippen LogP contribution in [0.4, 0.5) is 24.7 Å². The van der Waals surface area contributed by atoms with Crippen molar-refractivity contribution in [2.75, 3.05) is 5.32 Å². The minimum absolute atomic E-state index is 0. The standard InChI is InChI=1S/C18H12F3N5.ClH/c19-18(20,21)15-7-4-8-16(24-15)23-14-11-13(12-5-2-1-3-6-12)25-26-10-9-22-17(14)26;/h1-11H,(H,23,24);1H. The van der Waals surface area contributed by atoms with Crippen LogP contribution in [0.3, 0.4) is 0 Å². The molecule has 0 saturated carbocycles. The molecule has 5 nitrogen and oxygen atoms in total. The van der Waals surface area contributed by atoms with E-state index in [9.17, 15) is 13.2 Å². The first-order valence-electron chi connectivity index (χ1n) is 7.72. The summed E-state index contributed by atoms with van der Waals surface area (Å²) in [6.07, 6.45) is -1.26. The molecular weight excluding hydrogens is 379 g/mol. The first-order valence-corrected chi connectivity index (χ1v) is 7.72. The van der Waals surface area contributed by atoms with Crippen molar-refractivity contribution in [1.82, 2.24) is 19.6 Å². The predicted octanol–water partition coefficient (Wildman–Crippen LogP) is 4.98. The molecule has 3 heterocycles. The Morgan fingerprint density at radius 3 is 2.48 bits per heavy atom. The van der Waals surface area contributed by atoms with Crippen LogP contribution in [0.15, 0.2) is 67.0 Å². The number of nitrogens with zero attached hydrogens (tertiary/aromatic N) is 4. The predicted molar refractivity (Wildman–Crippen MR) is 98.2 cm³/mol. The summed E-state index contributed by atoms with van der Waals surface area (Å²) in [4.78, 5) is 7.85. The molecule has 0 aliphatic rings. The van der Waals surface area contributed by atoms with E-state index in [-0.39, 0.29) is 18.2 Å². The smallest absolute Gasteiger partial charge is 0.337 e. The number of halogens is 4. The Morgan fingerprint density at radius 2 is 1.74 bits per heavy atom. The van der Waals surface area contributed by atoms with Gasteiger partial charge in [-0.1, -0.05) is 36.4 Å². The SMILES string of the molecule is Cl.FC(F)(F)c1cccc(Nc2cc(-c3ccccc3)nn3ccnc23)n1. The van der Waals surface area contributed by atoms with Gasteiger partial charge in [-0.2, -0.15) is 18.3 Å². The molecule has 0 spiro atoms. The molecule has 4 rings (SSSR count). The Bertz CT molecular complexity index is 1060. The number of anilines is 2. The summed E-state index contributed by atoms with van der Waals surface area (Å²) in [6.45, 7) is 0. The first kappa shape index (κ1) is 18.7. The highest BCUT2D eigenvalue weighted by Crippen LogP contribution is 2.30. The molecule has 0 amide bonds. The highest BCUT2D eigenvalue weighted by molar-refractivity contribution is 5.85. The van der Waals surface area contributed by atoms with E-state index in [1.165, 1.54) is 12.1 Å². The van der Waals surface area contributed by atoms with E-state index in [2.05, 4.69) is 20.4 Å². The third kappa shape index (κ3) is 3.85. The van der Waals surface area contributed by atoms with E-state index in [0.717, 1.165) is 11.6 Å². The van der Waals surface area contributed by atoms with Gasteiger partial charge in [-0.25, -0.2) is 14.5 Å². The van der Waals surface area contributed by atoms with E-state index in [4.69, 9.17) is 0 Å². The van der Waals surface area contributed by atoms with Crippen molar-refractivity contribution in [3.8, 4) is 11.3 Å². The van der Waals surface area contributed by atoms with Gasteiger partial charge in [-0.15, -0.1) is 12.4 Å². The van der Waals surface area contributed by atoms with Crippen molar-refractivity contribution in [2.45, 2.75) is 6.18 Å². The van der Waals surface area contributed by atoms with E-state index >= 15 is 0 Å². The number of imidazole rings is 1. The van der Waals surface area contributed by atoms with Crippen LogP contribution in [0, 0.1) is 0 Å². The van der Waals surface area contributed by atoms with Gasteiger partial charge < -0.3 is 5.32 Å². The largest absolute Gasteiger partial charge is 0.433 e. The number of aromatic nitrogens is 4. The quantitative estimate of drug-likeness (QED) is 0.535. The van der Waals surface area contributed by atoms with Gasteiger partial charge in [0.25, 0.3) is 0 Å². The zero-order valence-corrected chi connectivity index (χ0v) is 14.5. The number of fused-ring (bicyclic) bond motifs is 1. The lowest BCUT2D eigenvalue weighted by atomic mass is 10.1. The highest BCUT2D eigenvalue weighted by atomic mass is 35.5. The number of rotatable bonds is 3. The molecule has 1 aromatic carbocycles. The summed E-state index contributed by atoms with van der Waals surface area (Å²) in [5, 5.41) is 7.40. The van der Waals surface area contributed by atoms with Crippen LogP contribution in [-0.4, -0.2) is 19.6 Å². The fraction of sp³-hybridized carbons (Fsp3) is 0.0556. The second kappa shape index (κ2) is 7.24. The fourth-order valence-corrected chi connectivity index (χ4v) is 2.56. The summed E-state index contributed by atoms with van der Waals surface area (Å²) in [5.74, 6) is 0.0786. The summed E-state index contributed by atoms with van der Waals surface area (Å²) < 4.78 is 40.2. The zero-order valence-electron chi connectivity index (χ0n) is 13.7. The molecule has 0 unspecified atom stereocenters. The minimum atomic E-state index is -4.51. The van der Waals surface area contributed by atoms with Crippen molar-refractivity contribution in [1.29, 1.82) is 0 Å². The molecule has 0 bridgehead atoms. The topological polar surface area (TPSA) is 55.1 Å². The minimum Gasteiger partial charge on any atom is -0.337 e. The Kier molecular flexibility index (Phi) is 5.00. The van der Waals surface area contributed by atoms with E-state index in [1.54, 1.807) is 23.0 Å². The Labute approximate surface area is 158 Å². The Balaban J connectivity index is 0.00000210. The van der Waals surface area contributed by atoms with E-state index < -0.39 is 11.9 Å². The van der Waals surface area contributed by atoms with Crippen molar-refractivity contribution in [3.05, 3.63) is 72.7 Å². The van der Waals surface area contributed by atoms with Crippen LogP contribution < -0.4 is 5.32 Å². The second-order valence-corrected chi connectivity index (χ2v) is 5.54. The van der Waals surface area contributed by atoms with Crippen LogP contribution >= 0.6 is 12.4 Å². The normalized spacial score (nSPS) is 11.2. The number of pyridine rings is 1. The maximum absolute atomic E-state index is 12.9. The van der Waals surface area contributed by atoms with Crippen molar-refractivity contribution in [3.63, 3.8) is 0 Å². The van der Waals surface area contributed by atoms with Crippen molar-refractivity contribution >= 4 is 29.6 Å². The molecule has 9 heteroatoms. The van der Waals surface area contributed by atoms with Crippen LogP contribution in [0.2, 0.25) is 0 Å². The number of hydrogen-bond donors (Lipinski definition) is 1. The molecule has 0 fully saturated rings. The summed E-state index contributed by atoms with van der Waals surface area (Å²) in [5.41, 5.74) is 1.58. The van der Waals surface area contributed by atoms with Gasteiger partial charge in [-0.05, 0) is 18.2 Å². The van der Waals surface area contributed by atoms with Gasteiger partial charge in [0.05, 0.1) is 11.4 Å². The van der Waals surface area contributed by atoms with Crippen LogP contribution in [0.1, 0.15) is 5.69 Å². The summed E-state index contributed by atoms with van der Waals surface area (Å²) in [6, 6.07) is 14.9. The first-order chi connectivity index (χ1) is 12.5. The summed E-state index contributed by atoms with van der Waals surface area (Å²) in [7, 11) is 0. The van der Waals surface area contributed by atoms with Gasteiger partial charge in [0, 0.05) is 18.0 Å². The lowest BCUT2D eigenvalue weighted by molar-refractivity contribution is -0.141. The lowest BCUT2D eigenvalue weighted by Gasteiger charge is -2.11. The highest BCUT2D eigenvalue weighted by Gasteiger charge is 2.32. The molecule has 138 valence electrons. The van der Waals surface area contributed by atoms with Gasteiger partial charge in [0.1, 0.15) is 11.5 Å². The van der Waals surface area contributed by atoms with Gasteiger partial charge in [0.2, 0.25) is 0 Å². The van der Waals surface area contributed by atoms with E-state index in [0.29, 0.717) is 17.0 Å². The third-order valence-electron chi connectivity index (χ3n) is 3.73. The van der Waals surface area contributed by atoms with Crippen LogP contribution in [0.5, 0.6) is 0 Å². The molecule has 4 aromatic rings. The Hall–Kier alpha value is -3.13. The monoisotopic (exact) mass is 391 g/mol. The molecule has 3 aromatic heterocycles. The molecular formula is C18H13ClF3N5. The fourth-order valence-electron chi connectivity index (χ4n) is 2.56. The maximum Gasteiger partial charge on any atom is 0.433 e. The zero-order chi connectivity index (χ0) is 18.1. The second-order valence-electron chi connectivity index (χ2n) is 5.54. The molecule has 0 atom stereocenters. The molecule has 0 aliphatic heterocycles. The van der Waals surface area contributed by atoms with Crippen LogP contribution in [0.25, 0.3) is 16.9 Å². The number of hydrogen-bond acceptors (Lipinski definition) is 4. The average molecular weight is 392 g/mol. The maximum atomic E-state index is 12.9. The lowest BCUT2D eigenvalue weighted by Crippen LogP contribution is -2.09. The van der Waals surface area contributed by atoms with Gasteiger partial charge in [0.15, 0.2) is 5.65 Å². The van der Waals surface area contributed by atoms with Crippen LogP contribution in [-0.2, 0) is 6.18 Å².